The van der Waals surface area contributed by atoms with Gasteiger partial charge in [-0.25, -0.2) is 9.59 Å². The molecule has 0 aromatic heterocycles. The summed E-state index contributed by atoms with van der Waals surface area (Å²) >= 11 is 0. The molecular formula is C3H6CuN2O5. The number of ketones is 1. The van der Waals surface area contributed by atoms with E-state index in [1.807, 2.05) is 0 Å². The fourth-order valence-corrected chi connectivity index (χ4v) is 0.0915. The molecule has 0 spiro atoms. The number of carbonyl (C=O) groups excluding carboxylic acids is 1. The van der Waals surface area contributed by atoms with Crippen molar-refractivity contribution in [3.8, 4) is 0 Å². The fourth-order valence-electron chi connectivity index (χ4n) is 0.0915. The Labute approximate surface area is 71.8 Å². The van der Waals surface area contributed by atoms with Crippen LogP contribution in [0, 0.1) is 0 Å². The maximum Gasteiger partial charge on any atom is 0.384 e. The third-order valence-corrected chi connectivity index (χ3v) is 0.388. The smallest absolute Gasteiger partial charge is 0.384 e. The average Bonchev–Trinajstić information content (AvgIpc) is 1.90. The van der Waals surface area contributed by atoms with E-state index in [9.17, 15) is 14.4 Å². The molecule has 69 valence electrons. The molecule has 0 rings (SSSR count). The van der Waals surface area contributed by atoms with Crippen LogP contribution in [-0.4, -0.2) is 27.9 Å². The van der Waals surface area contributed by atoms with Gasteiger partial charge in [0.15, 0.2) is 0 Å². The van der Waals surface area contributed by atoms with Gasteiger partial charge in [-0.15, -0.1) is 0 Å². The summed E-state index contributed by atoms with van der Waals surface area (Å²) in [5.41, 5.74) is 0. The second-order valence-electron chi connectivity index (χ2n) is 0.939. The Kier molecular flexibility index (Phi) is 13.6. The summed E-state index contributed by atoms with van der Waals surface area (Å²) in [5.74, 6) is 2.29. The van der Waals surface area contributed by atoms with Crippen LogP contribution >= 0.6 is 0 Å². The van der Waals surface area contributed by atoms with Crippen LogP contribution in [0.5, 0.6) is 0 Å². The van der Waals surface area contributed by atoms with Crippen molar-refractivity contribution in [3.05, 3.63) is 0 Å². The Balaban J connectivity index is -0.000000196. The predicted octanol–water partition coefficient (Wildman–Crippen LogP) is -2.46. The zero-order chi connectivity index (χ0) is 8.73. The van der Waals surface area contributed by atoms with Crippen molar-refractivity contribution in [1.82, 2.24) is 0 Å². The molecule has 0 aliphatic carbocycles. The van der Waals surface area contributed by atoms with Crippen molar-refractivity contribution in [3.63, 3.8) is 0 Å². The first kappa shape index (κ1) is 16.6. The molecule has 0 aromatic carbocycles. The van der Waals surface area contributed by atoms with Gasteiger partial charge < -0.3 is 10.2 Å². The van der Waals surface area contributed by atoms with E-state index in [0.717, 1.165) is 0 Å². The van der Waals surface area contributed by atoms with E-state index >= 15 is 0 Å². The number of rotatable bonds is 2. The van der Waals surface area contributed by atoms with E-state index in [-0.39, 0.29) is 17.1 Å². The monoisotopic (exact) mass is 213 g/mol. The summed E-state index contributed by atoms with van der Waals surface area (Å²) < 4.78 is 0. The van der Waals surface area contributed by atoms with Crippen LogP contribution < -0.4 is 11.7 Å². The fraction of sp³-hybridized carbons (Fsp3) is 0. The standard InChI is InChI=1S/C3H2O5.Cu.H4N2/c4-1(2(5)6)3(7)8;;1-2/h(H,5,6)(H,7,8);;1-2H2. The van der Waals surface area contributed by atoms with E-state index in [1.165, 1.54) is 0 Å². The van der Waals surface area contributed by atoms with Gasteiger partial charge in [0.2, 0.25) is 0 Å². The van der Waals surface area contributed by atoms with Crippen LogP contribution in [0.1, 0.15) is 0 Å². The summed E-state index contributed by atoms with van der Waals surface area (Å²) in [6.45, 7) is 0. The van der Waals surface area contributed by atoms with Gasteiger partial charge in [-0.2, -0.15) is 0 Å². The van der Waals surface area contributed by atoms with E-state index in [4.69, 9.17) is 10.2 Å². The predicted molar refractivity (Wildman–Crippen MR) is 28.7 cm³/mol. The summed E-state index contributed by atoms with van der Waals surface area (Å²) in [6.07, 6.45) is 0. The summed E-state index contributed by atoms with van der Waals surface area (Å²) in [4.78, 5) is 28.5. The molecule has 0 heterocycles. The number of carbonyl (C=O) groups is 3. The van der Waals surface area contributed by atoms with Crippen molar-refractivity contribution in [2.24, 2.45) is 11.7 Å². The normalized spacial score (nSPS) is 6.36. The van der Waals surface area contributed by atoms with Crippen molar-refractivity contribution < 1.29 is 41.7 Å². The second-order valence-corrected chi connectivity index (χ2v) is 0.939. The Morgan fingerprint density at radius 3 is 1.09 bits per heavy atom. The molecule has 0 aliphatic rings. The molecule has 0 saturated heterocycles. The largest absolute Gasteiger partial charge is 0.475 e. The van der Waals surface area contributed by atoms with E-state index < -0.39 is 17.7 Å². The zero-order valence-electron chi connectivity index (χ0n) is 5.08. The number of hydrogen-bond acceptors (Lipinski definition) is 5. The summed E-state index contributed by atoms with van der Waals surface area (Å²) in [7, 11) is 0. The van der Waals surface area contributed by atoms with Gasteiger partial charge in [0.1, 0.15) is 0 Å². The average molecular weight is 214 g/mol. The molecule has 8 heteroatoms. The molecule has 1 radical (unpaired) electrons. The molecule has 0 amide bonds. The van der Waals surface area contributed by atoms with Gasteiger partial charge in [0.25, 0.3) is 0 Å². The number of nitrogens with two attached hydrogens (primary N) is 2. The van der Waals surface area contributed by atoms with Crippen molar-refractivity contribution in [1.29, 1.82) is 0 Å². The molecule has 0 unspecified atom stereocenters. The minimum Gasteiger partial charge on any atom is -0.475 e. The van der Waals surface area contributed by atoms with Gasteiger partial charge in [0, 0.05) is 17.1 Å². The number of hydrogen-bond donors (Lipinski definition) is 4. The minimum atomic E-state index is -1.95. The summed E-state index contributed by atoms with van der Waals surface area (Å²) in [5, 5.41) is 15.2. The second kappa shape index (κ2) is 9.05. The number of carboxylic acids is 2. The van der Waals surface area contributed by atoms with E-state index in [0.29, 0.717) is 0 Å². The first-order valence-electron chi connectivity index (χ1n) is 1.89. The van der Waals surface area contributed by atoms with Crippen LogP contribution in [-0.2, 0) is 31.5 Å². The van der Waals surface area contributed by atoms with Crippen LogP contribution in [0.15, 0.2) is 0 Å². The van der Waals surface area contributed by atoms with Gasteiger partial charge >= 0.3 is 17.7 Å². The Morgan fingerprint density at radius 2 is 1.09 bits per heavy atom. The van der Waals surface area contributed by atoms with Crippen molar-refractivity contribution >= 4 is 17.7 Å². The van der Waals surface area contributed by atoms with Crippen LogP contribution in [0.2, 0.25) is 0 Å². The molecule has 0 aliphatic heterocycles. The van der Waals surface area contributed by atoms with Crippen LogP contribution in [0.3, 0.4) is 0 Å². The maximum absolute atomic E-state index is 9.64. The quantitative estimate of drug-likeness (QED) is 0.131. The van der Waals surface area contributed by atoms with Gasteiger partial charge in [-0.3, -0.25) is 16.5 Å². The SMILES string of the molecule is NN.O=C(O)C(=O)C(=O)O.[Cu]. The molecule has 7 nitrogen and oxygen atoms in total. The molecule has 0 fully saturated rings. The minimum absolute atomic E-state index is 0. The number of carboxylic acid groups (broad SMARTS) is 2. The van der Waals surface area contributed by atoms with Gasteiger partial charge in [-0.1, -0.05) is 0 Å². The van der Waals surface area contributed by atoms with Crippen LogP contribution in [0.25, 0.3) is 0 Å². The van der Waals surface area contributed by atoms with Crippen LogP contribution in [0.4, 0.5) is 0 Å². The topological polar surface area (TPSA) is 144 Å². The van der Waals surface area contributed by atoms with Gasteiger partial charge in [-0.05, 0) is 0 Å². The van der Waals surface area contributed by atoms with Crippen molar-refractivity contribution in [2.45, 2.75) is 0 Å². The molecule has 0 aromatic rings. The maximum atomic E-state index is 9.64. The Morgan fingerprint density at radius 1 is 0.909 bits per heavy atom. The third kappa shape index (κ3) is 9.05. The number of Topliss-reactive ketones (excluding diaryl/α,β-unsaturated/α-hetero) is 1. The number of hydrazine groups is 1. The first-order chi connectivity index (χ1) is 4.55. The number of aliphatic carboxylic acids is 2. The molecule has 0 bridgehead atoms. The molecular weight excluding hydrogens is 208 g/mol. The summed E-state index contributed by atoms with van der Waals surface area (Å²) in [6, 6.07) is 0. The first-order valence-corrected chi connectivity index (χ1v) is 1.89. The van der Waals surface area contributed by atoms with Gasteiger partial charge in [0.05, 0.1) is 0 Å². The molecule has 6 N–H and O–H groups in total. The van der Waals surface area contributed by atoms with E-state index in [1.54, 1.807) is 0 Å². The third-order valence-electron chi connectivity index (χ3n) is 0.388. The zero-order valence-corrected chi connectivity index (χ0v) is 6.02. The molecule has 0 saturated carbocycles. The van der Waals surface area contributed by atoms with Crippen molar-refractivity contribution in [2.75, 3.05) is 0 Å². The molecule has 0 atom stereocenters. The Hall–Kier alpha value is -0.951. The molecule has 11 heavy (non-hydrogen) atoms. The van der Waals surface area contributed by atoms with E-state index in [2.05, 4.69) is 11.7 Å². The Bertz CT molecular complexity index is 142.